The van der Waals surface area contributed by atoms with Gasteiger partial charge in [-0.25, -0.2) is 0 Å². The Hall–Kier alpha value is 1.31. The maximum absolute atomic E-state index is 8.74. The molecule has 104 valence electrons. The second-order valence-electron chi connectivity index (χ2n) is 1.30. The summed E-state index contributed by atoms with van der Waals surface area (Å²) in [5.41, 5.74) is 0. The molecule has 12 nitrogen and oxygen atoms in total. The Morgan fingerprint density at radius 2 is 0.647 bits per heavy atom. The molecular weight excluding hydrogens is 404 g/mol. The van der Waals surface area contributed by atoms with Crippen molar-refractivity contribution in [2.75, 3.05) is 0 Å². The van der Waals surface area contributed by atoms with E-state index in [-0.39, 0.29) is 56.4 Å². The zero-order chi connectivity index (χ0) is 13.5. The van der Waals surface area contributed by atoms with Gasteiger partial charge in [0.15, 0.2) is 0 Å². The largest absolute Gasteiger partial charge is 2.00 e. The summed E-state index contributed by atoms with van der Waals surface area (Å²) in [6.07, 6.45) is 0. The third-order valence-electron chi connectivity index (χ3n) is 0. The molecule has 0 atom stereocenters. The van der Waals surface area contributed by atoms with Crippen molar-refractivity contribution in [1.29, 1.82) is 0 Å². The maximum Gasteiger partial charge on any atom is 2.00 e. The Morgan fingerprint density at radius 1 is 0.647 bits per heavy atom. The van der Waals surface area contributed by atoms with E-state index in [1.807, 2.05) is 0 Å². The van der Waals surface area contributed by atoms with Crippen LogP contribution in [0.4, 0.5) is 0 Å². The first kappa shape index (κ1) is 31.0. The van der Waals surface area contributed by atoms with Crippen LogP contribution >= 0.6 is 0 Å². The first-order valence-corrected chi connectivity index (χ1v) is 6.19. The molecule has 0 unspecified atom stereocenters. The molecule has 4 N–H and O–H groups in total. The van der Waals surface area contributed by atoms with E-state index >= 15 is 0 Å². The van der Waals surface area contributed by atoms with E-state index in [2.05, 4.69) is 0 Å². The van der Waals surface area contributed by atoms with Gasteiger partial charge in [0.2, 0.25) is 0 Å². The molecule has 0 radical (unpaired) electrons. The minimum atomic E-state index is -5.17. The number of hydrogen-bond donors (Lipinski definition) is 4. The van der Waals surface area contributed by atoms with E-state index in [9.17, 15) is 0 Å². The smallest absolute Gasteiger partial charge is 0.759 e. The van der Waals surface area contributed by atoms with Gasteiger partial charge in [-0.1, -0.05) is 0 Å². The van der Waals surface area contributed by atoms with Crippen molar-refractivity contribution in [2.45, 2.75) is 0 Å². The van der Waals surface area contributed by atoms with E-state index in [4.69, 9.17) is 52.6 Å². The van der Waals surface area contributed by atoms with Gasteiger partial charge in [-0.2, -0.15) is 16.8 Å². The van der Waals surface area contributed by atoms with Crippen molar-refractivity contribution >= 4 is 87.6 Å². The molecule has 0 aromatic carbocycles. The van der Waals surface area contributed by atoms with Crippen molar-refractivity contribution in [3.05, 3.63) is 0 Å². The van der Waals surface area contributed by atoms with Crippen LogP contribution < -0.4 is 0 Å². The quantitative estimate of drug-likeness (QED) is 0.168. The zero-order valence-corrected chi connectivity index (χ0v) is 12.9. The van der Waals surface area contributed by atoms with Crippen molar-refractivity contribution < 1.29 is 52.6 Å². The van der Waals surface area contributed by atoms with E-state index in [1.54, 1.807) is 0 Å². The molecule has 0 aromatic rings. The van der Waals surface area contributed by atoms with Gasteiger partial charge in [0, 0.05) is 10.4 Å². The summed E-state index contributed by atoms with van der Waals surface area (Å²) in [6.45, 7) is 0. The summed E-state index contributed by atoms with van der Waals surface area (Å²) in [6, 6.07) is 0. The second-order valence-corrected chi connectivity index (χ2v) is 3.91. The molecule has 0 aliphatic rings. The zero-order valence-electron chi connectivity index (χ0n) is 6.99. The fraction of sp³-hybridized carbons (Fsp3) is 0. The predicted molar refractivity (Wildman–Crippen MR) is 55.9 cm³/mol. The summed E-state index contributed by atoms with van der Waals surface area (Å²) >= 11 is 0. The van der Waals surface area contributed by atoms with Crippen LogP contribution in [0.1, 0.15) is 0 Å². The van der Waals surface area contributed by atoms with Gasteiger partial charge in [0.25, 0.3) is 0 Å². The molecule has 0 heterocycles. The summed E-state index contributed by atoms with van der Waals surface area (Å²) in [4.78, 5) is 0. The molecule has 0 aliphatic heterocycles. The summed E-state index contributed by atoms with van der Waals surface area (Å²) in [5.74, 6) is 0. The molecule has 0 fully saturated rings. The Bertz CT molecular complexity index is 343. The molecular formula is H8O12S3SiSr. The van der Waals surface area contributed by atoms with Crippen LogP contribution in [0.2, 0.25) is 0 Å². The van der Waals surface area contributed by atoms with E-state index in [0.717, 1.165) is 0 Å². The van der Waals surface area contributed by atoms with Crippen LogP contribution in [0, 0.1) is 0 Å². The van der Waals surface area contributed by atoms with Gasteiger partial charge in [-0.3, -0.25) is 26.6 Å². The van der Waals surface area contributed by atoms with Gasteiger partial charge in [0.05, 0.1) is 0 Å². The molecule has 17 heavy (non-hydrogen) atoms. The topological polar surface area (TPSA) is 229 Å². The normalized spacial score (nSPS) is 10.2. The average Bonchev–Trinajstić information content (AvgIpc) is 1.41. The van der Waals surface area contributed by atoms with Gasteiger partial charge in [-0.05, 0) is 11.0 Å². The second kappa shape index (κ2) is 12.3. The van der Waals surface area contributed by atoms with Crippen molar-refractivity contribution in [1.82, 2.24) is 0 Å². The molecule has 0 amide bonds. The summed E-state index contributed by atoms with van der Waals surface area (Å²) in [7, 11) is -14.5. The van der Waals surface area contributed by atoms with Crippen molar-refractivity contribution in [2.24, 2.45) is 0 Å². The molecule has 0 saturated heterocycles. The van der Waals surface area contributed by atoms with Crippen LogP contribution in [0.3, 0.4) is 0 Å². The van der Waals surface area contributed by atoms with Gasteiger partial charge in [0.1, 0.15) is 0 Å². The minimum absolute atomic E-state index is 0. The molecule has 0 saturated carbocycles. The average molecular weight is 412 g/mol. The molecule has 0 bridgehead atoms. The molecule has 0 spiro atoms. The molecule has 17 heteroatoms. The van der Waals surface area contributed by atoms with E-state index in [1.165, 1.54) is 0 Å². The van der Waals surface area contributed by atoms with E-state index in [0.29, 0.717) is 0 Å². The monoisotopic (exact) mass is 412 g/mol. The Balaban J connectivity index is -0.0000000400. The summed E-state index contributed by atoms with van der Waals surface area (Å²) < 4.78 is 97.2. The Labute approximate surface area is 138 Å². The van der Waals surface area contributed by atoms with Crippen LogP contribution in [-0.4, -0.2) is 109 Å². The fourth-order valence-electron chi connectivity index (χ4n) is 0. The van der Waals surface area contributed by atoms with Crippen LogP contribution in [0.5, 0.6) is 0 Å². The third-order valence-corrected chi connectivity index (χ3v) is 0. The first-order chi connectivity index (χ1) is 6.00. The van der Waals surface area contributed by atoms with Gasteiger partial charge in [-0.15, -0.1) is 0 Å². The van der Waals surface area contributed by atoms with Crippen LogP contribution in [-0.2, 0) is 31.2 Å². The SMILES string of the molecule is O=S(=O)(O)O.O=S(=O)(O)O.O=S(=O)([O-])[O-].[SiH4].[Sr+2]. The van der Waals surface area contributed by atoms with Crippen molar-refractivity contribution in [3.63, 3.8) is 0 Å². The predicted octanol–water partition coefficient (Wildman–Crippen LogP) is -4.48. The fourth-order valence-corrected chi connectivity index (χ4v) is 0. The standard InChI is InChI=1S/3H2O4S.H4Si.Sr/c3*1-5(2,3)4;;/h3*(H2,1,2,3,4);1H4;/q;;;;+2/p-2. The molecule has 0 aliphatic carbocycles. The van der Waals surface area contributed by atoms with Crippen LogP contribution in [0.25, 0.3) is 0 Å². The van der Waals surface area contributed by atoms with Gasteiger partial charge >= 0.3 is 66.3 Å². The summed E-state index contributed by atoms with van der Waals surface area (Å²) in [5, 5.41) is 0. The third kappa shape index (κ3) is 2370. The molecule has 0 rings (SSSR count). The maximum atomic E-state index is 8.74. The van der Waals surface area contributed by atoms with Gasteiger partial charge < -0.3 is 9.11 Å². The number of rotatable bonds is 0. The number of hydrogen-bond acceptors (Lipinski definition) is 8. The molecule has 0 aromatic heterocycles. The Morgan fingerprint density at radius 3 is 0.647 bits per heavy atom. The van der Waals surface area contributed by atoms with Crippen molar-refractivity contribution in [3.8, 4) is 0 Å². The van der Waals surface area contributed by atoms with Crippen LogP contribution in [0.15, 0.2) is 0 Å². The Kier molecular flexibility index (Phi) is 22.5. The van der Waals surface area contributed by atoms with E-state index < -0.39 is 31.2 Å². The first-order valence-electron chi connectivity index (χ1n) is 2.06. The minimum Gasteiger partial charge on any atom is -0.759 e.